The number of fused-ring (bicyclic) bond motifs is 1. The summed E-state index contributed by atoms with van der Waals surface area (Å²) in [5.41, 5.74) is 3.17. The Morgan fingerprint density at radius 3 is 2.44 bits per heavy atom. The normalized spacial score (nSPS) is 16.1. The molecule has 0 aliphatic carbocycles. The highest BCUT2D eigenvalue weighted by molar-refractivity contribution is 5.62. The maximum atomic E-state index is 10.1. The average Bonchev–Trinajstić information content (AvgIpc) is 3.05. The van der Waals surface area contributed by atoms with E-state index in [0.29, 0.717) is 29.5 Å². The van der Waals surface area contributed by atoms with Crippen molar-refractivity contribution in [3.63, 3.8) is 0 Å². The number of aromatic nitrogens is 1. The Balaban J connectivity index is 1.91. The van der Waals surface area contributed by atoms with E-state index in [9.17, 15) is 5.11 Å². The van der Waals surface area contributed by atoms with Crippen LogP contribution >= 0.6 is 0 Å². The lowest BCUT2D eigenvalue weighted by molar-refractivity contribution is 0.0989. The van der Waals surface area contributed by atoms with E-state index < -0.39 is 0 Å². The summed E-state index contributed by atoms with van der Waals surface area (Å²) in [4.78, 5) is 4.21. The van der Waals surface area contributed by atoms with Crippen LogP contribution in [0.15, 0.2) is 24.4 Å². The Morgan fingerprint density at radius 2 is 1.84 bits per heavy atom. The Hall–Kier alpha value is -2.73. The molecule has 0 saturated carbocycles. The van der Waals surface area contributed by atoms with Crippen LogP contribution in [0.25, 0.3) is 6.08 Å². The van der Waals surface area contributed by atoms with Crippen LogP contribution in [0.2, 0.25) is 0 Å². The lowest BCUT2D eigenvalue weighted by atomic mass is 10.0. The van der Waals surface area contributed by atoms with Gasteiger partial charge in [0.05, 0.1) is 33.6 Å². The molecule has 0 spiro atoms. The molecule has 2 aromatic rings. The number of benzene rings is 1. The minimum Gasteiger partial charge on any atom is -0.506 e. The number of pyridine rings is 1. The van der Waals surface area contributed by atoms with E-state index in [1.54, 1.807) is 34.4 Å². The van der Waals surface area contributed by atoms with Crippen LogP contribution in [-0.2, 0) is 11.3 Å². The van der Waals surface area contributed by atoms with Crippen molar-refractivity contribution in [2.45, 2.75) is 19.6 Å². The third-order valence-electron chi connectivity index (χ3n) is 4.24. The monoisotopic (exact) mass is 343 g/mol. The van der Waals surface area contributed by atoms with E-state index in [0.717, 1.165) is 16.7 Å². The van der Waals surface area contributed by atoms with Crippen LogP contribution in [0.1, 0.15) is 28.5 Å². The Kier molecular flexibility index (Phi) is 4.81. The van der Waals surface area contributed by atoms with Crippen LogP contribution in [0.3, 0.4) is 0 Å². The molecule has 1 unspecified atom stereocenters. The number of aryl methyl sites for hydroxylation is 1. The van der Waals surface area contributed by atoms with E-state index >= 15 is 0 Å². The highest BCUT2D eigenvalue weighted by Gasteiger charge is 2.25. The maximum absolute atomic E-state index is 10.1. The zero-order valence-corrected chi connectivity index (χ0v) is 14.7. The molecule has 1 aliphatic heterocycles. The zero-order chi connectivity index (χ0) is 18.0. The lowest BCUT2D eigenvalue weighted by Gasteiger charge is -2.13. The molecule has 2 heterocycles. The van der Waals surface area contributed by atoms with Crippen LogP contribution in [0.4, 0.5) is 0 Å². The fourth-order valence-corrected chi connectivity index (χ4v) is 2.88. The van der Waals surface area contributed by atoms with Gasteiger partial charge in [0.2, 0.25) is 5.75 Å². The van der Waals surface area contributed by atoms with Gasteiger partial charge in [-0.3, -0.25) is 4.98 Å². The van der Waals surface area contributed by atoms with Crippen molar-refractivity contribution in [1.29, 1.82) is 0 Å². The van der Waals surface area contributed by atoms with Gasteiger partial charge in [-0.15, -0.1) is 0 Å². The van der Waals surface area contributed by atoms with Crippen molar-refractivity contribution in [3.8, 4) is 23.0 Å². The standard InChI is InChI=1S/C19H21NO5/c1-11-18(21)14-10-25-15(13(14)9-20-11)6-5-12-7-16(22-2)19(24-4)17(8-12)23-3/h5-9,15,21H,10H2,1-4H3. The van der Waals surface area contributed by atoms with Gasteiger partial charge in [-0.2, -0.15) is 0 Å². The van der Waals surface area contributed by atoms with E-state index in [1.807, 2.05) is 24.3 Å². The summed E-state index contributed by atoms with van der Waals surface area (Å²) in [5.74, 6) is 1.93. The fraction of sp³-hybridized carbons (Fsp3) is 0.316. The summed E-state index contributed by atoms with van der Waals surface area (Å²) in [7, 11) is 4.73. The van der Waals surface area contributed by atoms with Crippen molar-refractivity contribution >= 4 is 6.08 Å². The van der Waals surface area contributed by atoms with Gasteiger partial charge in [0.25, 0.3) is 0 Å². The SMILES string of the molecule is COc1cc(C=CC2OCc3c2cnc(C)c3O)cc(OC)c1OC. The third kappa shape index (κ3) is 3.13. The molecule has 6 heteroatoms. The second kappa shape index (κ2) is 7.03. The van der Waals surface area contributed by atoms with Crippen LogP contribution in [0, 0.1) is 6.92 Å². The van der Waals surface area contributed by atoms with Gasteiger partial charge in [-0.05, 0) is 24.6 Å². The molecule has 25 heavy (non-hydrogen) atoms. The summed E-state index contributed by atoms with van der Waals surface area (Å²) in [6.07, 6.45) is 5.33. The molecule has 1 aliphatic rings. The topological polar surface area (TPSA) is 70.0 Å². The van der Waals surface area contributed by atoms with Gasteiger partial charge in [0.15, 0.2) is 11.5 Å². The summed E-state index contributed by atoms with van der Waals surface area (Å²) >= 11 is 0. The van der Waals surface area contributed by atoms with E-state index in [4.69, 9.17) is 18.9 Å². The van der Waals surface area contributed by atoms with Gasteiger partial charge in [0, 0.05) is 17.3 Å². The highest BCUT2D eigenvalue weighted by Crippen LogP contribution is 2.40. The fourth-order valence-electron chi connectivity index (χ4n) is 2.88. The van der Waals surface area contributed by atoms with Gasteiger partial charge in [0.1, 0.15) is 11.9 Å². The van der Waals surface area contributed by atoms with Crippen molar-refractivity contribution in [2.24, 2.45) is 0 Å². The van der Waals surface area contributed by atoms with Crippen molar-refractivity contribution in [1.82, 2.24) is 4.98 Å². The quantitative estimate of drug-likeness (QED) is 0.897. The van der Waals surface area contributed by atoms with Gasteiger partial charge in [-0.1, -0.05) is 12.2 Å². The number of methoxy groups -OCH3 is 3. The molecule has 0 amide bonds. The number of aromatic hydroxyl groups is 1. The predicted molar refractivity (Wildman–Crippen MR) is 93.3 cm³/mol. The largest absolute Gasteiger partial charge is 0.506 e. The molecular weight excluding hydrogens is 322 g/mol. The van der Waals surface area contributed by atoms with Crippen LogP contribution in [-0.4, -0.2) is 31.4 Å². The first-order valence-corrected chi connectivity index (χ1v) is 7.86. The molecule has 1 N–H and O–H groups in total. The second-order valence-electron chi connectivity index (χ2n) is 5.68. The highest BCUT2D eigenvalue weighted by atomic mass is 16.5. The Bertz CT molecular complexity index is 791. The molecule has 6 nitrogen and oxygen atoms in total. The molecule has 0 bridgehead atoms. The Labute approximate surface area is 146 Å². The van der Waals surface area contributed by atoms with Crippen molar-refractivity contribution in [2.75, 3.05) is 21.3 Å². The first kappa shape index (κ1) is 17.1. The number of rotatable bonds is 5. The van der Waals surface area contributed by atoms with Gasteiger partial charge >= 0.3 is 0 Å². The number of hydrogen-bond acceptors (Lipinski definition) is 6. The van der Waals surface area contributed by atoms with Crippen molar-refractivity contribution < 1.29 is 24.1 Å². The minimum absolute atomic E-state index is 0.209. The van der Waals surface area contributed by atoms with E-state index in [1.165, 1.54) is 0 Å². The van der Waals surface area contributed by atoms with Gasteiger partial charge < -0.3 is 24.1 Å². The lowest BCUT2D eigenvalue weighted by Crippen LogP contribution is -1.96. The maximum Gasteiger partial charge on any atom is 0.203 e. The average molecular weight is 343 g/mol. The molecule has 1 aromatic carbocycles. The summed E-state index contributed by atoms with van der Waals surface area (Å²) < 4.78 is 21.8. The predicted octanol–water partition coefficient (Wildman–Crippen LogP) is 3.41. The third-order valence-corrected chi connectivity index (χ3v) is 4.24. The molecule has 132 valence electrons. The number of ether oxygens (including phenoxy) is 4. The minimum atomic E-state index is -0.256. The Morgan fingerprint density at radius 1 is 1.16 bits per heavy atom. The first-order valence-electron chi connectivity index (χ1n) is 7.86. The van der Waals surface area contributed by atoms with Gasteiger partial charge in [-0.25, -0.2) is 0 Å². The molecule has 1 aromatic heterocycles. The van der Waals surface area contributed by atoms with Crippen LogP contribution < -0.4 is 14.2 Å². The van der Waals surface area contributed by atoms with E-state index in [-0.39, 0.29) is 11.9 Å². The molecular formula is C19H21NO5. The first-order chi connectivity index (χ1) is 12.1. The molecule has 0 radical (unpaired) electrons. The summed E-state index contributed by atoms with van der Waals surface area (Å²) in [6, 6.07) is 3.72. The number of nitrogens with zero attached hydrogens (tertiary/aromatic N) is 1. The summed E-state index contributed by atoms with van der Waals surface area (Å²) in [6.45, 7) is 2.14. The van der Waals surface area contributed by atoms with E-state index in [2.05, 4.69) is 4.98 Å². The molecule has 0 saturated heterocycles. The number of hydrogen-bond donors (Lipinski definition) is 1. The smallest absolute Gasteiger partial charge is 0.203 e. The molecule has 3 rings (SSSR count). The molecule has 0 fully saturated rings. The summed E-state index contributed by atoms with van der Waals surface area (Å²) in [5, 5.41) is 10.1. The molecule has 1 atom stereocenters. The zero-order valence-electron chi connectivity index (χ0n) is 14.7. The van der Waals surface area contributed by atoms with Crippen molar-refractivity contribution in [3.05, 3.63) is 46.8 Å². The van der Waals surface area contributed by atoms with Crippen LogP contribution in [0.5, 0.6) is 23.0 Å². The second-order valence-corrected chi connectivity index (χ2v) is 5.68.